The Balaban J connectivity index is 1.52. The fourth-order valence-electron chi connectivity index (χ4n) is 3.27. The number of hydrogen-bond donors (Lipinski definition) is 1. The molecule has 1 fully saturated rings. The fourth-order valence-corrected chi connectivity index (χ4v) is 4.55. The molecule has 3 heterocycles. The number of piperazine rings is 1. The van der Waals surface area contributed by atoms with Crippen LogP contribution in [0.1, 0.15) is 0 Å². The average Bonchev–Trinajstić information content (AvgIpc) is 3.26. The molecule has 0 spiro atoms. The van der Waals surface area contributed by atoms with Gasteiger partial charge >= 0.3 is 0 Å². The molecule has 1 aromatic carbocycles. The van der Waals surface area contributed by atoms with Crippen molar-refractivity contribution in [2.75, 3.05) is 37.7 Å². The monoisotopic (exact) mass is 405 g/mol. The number of anilines is 1. The zero-order valence-electron chi connectivity index (χ0n) is 14.9. The van der Waals surface area contributed by atoms with E-state index in [1.165, 1.54) is 21.4 Å². The smallest absolute Gasteiger partial charge is 0.261 e. The average molecular weight is 405 g/mol. The Morgan fingerprint density at radius 3 is 2.64 bits per heavy atom. The maximum Gasteiger partial charge on any atom is 0.261 e. The number of hydrogen-bond acceptors (Lipinski definition) is 8. The van der Waals surface area contributed by atoms with Crippen LogP contribution in [0.4, 0.5) is 5.69 Å². The predicted octanol–water partition coefficient (Wildman–Crippen LogP) is -0.112. The third-order valence-corrected chi connectivity index (χ3v) is 6.64. The molecule has 1 aliphatic rings. The molecule has 1 saturated heterocycles. The van der Waals surface area contributed by atoms with Gasteiger partial charge in [0.15, 0.2) is 0 Å². The van der Waals surface area contributed by atoms with Crippen LogP contribution in [-0.2, 0) is 16.6 Å². The normalized spacial score (nSPS) is 16.0. The lowest BCUT2D eigenvalue weighted by molar-refractivity contribution is 0.274. The second kappa shape index (κ2) is 7.34. The lowest BCUT2D eigenvalue weighted by Gasteiger charge is -2.35. The number of nitrogens with zero attached hydrogens (tertiary/aromatic N) is 5. The van der Waals surface area contributed by atoms with Crippen molar-refractivity contribution in [3.8, 4) is 0 Å². The molecule has 0 unspecified atom stereocenters. The number of aliphatic hydroxyl groups is 1. The molecule has 148 valence electrons. The summed E-state index contributed by atoms with van der Waals surface area (Å²) in [7, 11) is -3.60. The summed E-state index contributed by atoms with van der Waals surface area (Å²) >= 11 is 0. The molecule has 4 rings (SSSR count). The van der Waals surface area contributed by atoms with E-state index in [4.69, 9.17) is 5.11 Å². The third-order valence-electron chi connectivity index (χ3n) is 4.80. The van der Waals surface area contributed by atoms with Crippen LogP contribution in [0.25, 0.3) is 10.9 Å². The Bertz CT molecular complexity index is 1130. The van der Waals surface area contributed by atoms with Crippen molar-refractivity contribution < 1.29 is 18.0 Å². The minimum atomic E-state index is -3.60. The summed E-state index contributed by atoms with van der Waals surface area (Å²) in [6.07, 6.45) is 3.74. The van der Waals surface area contributed by atoms with Crippen LogP contribution in [-0.4, -0.2) is 65.3 Å². The predicted molar refractivity (Wildman–Crippen MR) is 101 cm³/mol. The van der Waals surface area contributed by atoms with Crippen LogP contribution < -0.4 is 10.5 Å². The molecule has 3 aromatic rings. The molecule has 0 saturated carbocycles. The van der Waals surface area contributed by atoms with Gasteiger partial charge in [-0.3, -0.25) is 9.36 Å². The van der Waals surface area contributed by atoms with Gasteiger partial charge in [0.25, 0.3) is 5.56 Å². The van der Waals surface area contributed by atoms with Crippen LogP contribution in [0.2, 0.25) is 0 Å². The van der Waals surface area contributed by atoms with Gasteiger partial charge in [-0.1, -0.05) is 5.16 Å². The summed E-state index contributed by atoms with van der Waals surface area (Å²) in [5.41, 5.74) is 1.24. The Hall–Kier alpha value is -2.76. The Labute approximate surface area is 160 Å². The van der Waals surface area contributed by atoms with Crippen molar-refractivity contribution >= 4 is 26.6 Å². The standard InChI is InChI=1S/C17H19N5O5S/c23-8-7-21-12-18-16-9-13(1-2-15(16)17(21)24)20-3-5-22(6-4-20)28(25,26)14-10-19-27-11-14/h1-2,9-12,23H,3-8H2. The number of aromatic nitrogens is 3. The van der Waals surface area contributed by atoms with Crippen LogP contribution in [0.3, 0.4) is 0 Å². The topological polar surface area (TPSA) is 122 Å². The zero-order chi connectivity index (χ0) is 19.7. The van der Waals surface area contributed by atoms with E-state index in [1.54, 1.807) is 6.07 Å². The van der Waals surface area contributed by atoms with E-state index < -0.39 is 10.0 Å². The van der Waals surface area contributed by atoms with Crippen molar-refractivity contribution in [2.45, 2.75) is 11.4 Å². The Morgan fingerprint density at radius 1 is 1.18 bits per heavy atom. The van der Waals surface area contributed by atoms with E-state index in [1.807, 2.05) is 12.1 Å². The largest absolute Gasteiger partial charge is 0.395 e. The van der Waals surface area contributed by atoms with Gasteiger partial charge in [-0.2, -0.15) is 4.31 Å². The van der Waals surface area contributed by atoms with E-state index in [0.29, 0.717) is 37.1 Å². The summed E-state index contributed by atoms with van der Waals surface area (Å²) in [4.78, 5) is 18.8. The number of benzene rings is 1. The summed E-state index contributed by atoms with van der Waals surface area (Å²) < 4.78 is 32.5. The number of fused-ring (bicyclic) bond motifs is 1. The van der Waals surface area contributed by atoms with Crippen LogP contribution in [0, 0.1) is 0 Å². The molecule has 0 bridgehead atoms. The lowest BCUT2D eigenvalue weighted by Crippen LogP contribution is -2.48. The van der Waals surface area contributed by atoms with Crippen molar-refractivity contribution in [2.24, 2.45) is 0 Å². The fraction of sp³-hybridized carbons (Fsp3) is 0.353. The first-order valence-electron chi connectivity index (χ1n) is 8.75. The summed E-state index contributed by atoms with van der Waals surface area (Å²) in [6.45, 7) is 1.75. The molecule has 0 atom stereocenters. The minimum Gasteiger partial charge on any atom is -0.395 e. The van der Waals surface area contributed by atoms with Gasteiger partial charge in [0, 0.05) is 31.9 Å². The quantitative estimate of drug-likeness (QED) is 0.624. The SMILES string of the molecule is O=c1c2ccc(N3CCN(S(=O)(=O)c4cnoc4)CC3)cc2ncn1CCO. The molecule has 0 aliphatic carbocycles. The Morgan fingerprint density at radius 2 is 1.96 bits per heavy atom. The van der Waals surface area contributed by atoms with Crippen molar-refractivity contribution in [3.63, 3.8) is 0 Å². The molecular weight excluding hydrogens is 386 g/mol. The molecule has 1 aliphatic heterocycles. The maximum absolute atomic E-state index is 12.5. The highest BCUT2D eigenvalue weighted by Gasteiger charge is 2.29. The van der Waals surface area contributed by atoms with Crippen molar-refractivity contribution in [3.05, 3.63) is 47.3 Å². The third kappa shape index (κ3) is 3.28. The molecule has 0 radical (unpaired) electrons. The van der Waals surface area contributed by atoms with E-state index in [-0.39, 0.29) is 23.6 Å². The van der Waals surface area contributed by atoms with Crippen LogP contribution in [0.5, 0.6) is 0 Å². The van der Waals surface area contributed by atoms with Crippen LogP contribution in [0.15, 0.2) is 51.2 Å². The molecule has 1 N–H and O–H groups in total. The molecule has 11 heteroatoms. The maximum atomic E-state index is 12.5. The highest BCUT2D eigenvalue weighted by atomic mass is 32.2. The first kappa shape index (κ1) is 18.6. The first-order valence-corrected chi connectivity index (χ1v) is 10.2. The van der Waals surface area contributed by atoms with E-state index in [2.05, 4.69) is 19.6 Å². The Kier molecular flexibility index (Phi) is 4.87. The first-order chi connectivity index (χ1) is 13.5. The molecule has 28 heavy (non-hydrogen) atoms. The second-order valence-corrected chi connectivity index (χ2v) is 8.36. The number of rotatable bonds is 5. The lowest BCUT2D eigenvalue weighted by atomic mass is 10.2. The van der Waals surface area contributed by atoms with Gasteiger partial charge in [-0.25, -0.2) is 13.4 Å². The van der Waals surface area contributed by atoms with E-state index >= 15 is 0 Å². The number of aliphatic hydroxyl groups excluding tert-OH is 1. The van der Waals surface area contributed by atoms with Crippen molar-refractivity contribution in [1.82, 2.24) is 19.0 Å². The zero-order valence-corrected chi connectivity index (χ0v) is 15.7. The molecule has 10 nitrogen and oxygen atoms in total. The van der Waals surface area contributed by atoms with Gasteiger partial charge in [-0.05, 0) is 18.2 Å². The van der Waals surface area contributed by atoms with E-state index in [9.17, 15) is 13.2 Å². The van der Waals surface area contributed by atoms with Crippen LogP contribution >= 0.6 is 0 Å². The minimum absolute atomic E-state index is 0.0509. The van der Waals surface area contributed by atoms with Gasteiger partial charge < -0.3 is 14.5 Å². The van der Waals surface area contributed by atoms with Gasteiger partial charge in [0.1, 0.15) is 11.2 Å². The molecular formula is C17H19N5O5S. The van der Waals surface area contributed by atoms with Gasteiger partial charge in [0.2, 0.25) is 10.0 Å². The summed E-state index contributed by atoms with van der Waals surface area (Å²) in [5, 5.41) is 13.0. The molecule has 0 amide bonds. The van der Waals surface area contributed by atoms with Gasteiger partial charge in [0.05, 0.1) is 36.6 Å². The summed E-state index contributed by atoms with van der Waals surface area (Å²) in [5.74, 6) is 0. The highest BCUT2D eigenvalue weighted by molar-refractivity contribution is 7.89. The number of sulfonamides is 1. The van der Waals surface area contributed by atoms with E-state index in [0.717, 1.165) is 12.0 Å². The second-order valence-electron chi connectivity index (χ2n) is 6.42. The molecule has 2 aromatic heterocycles. The van der Waals surface area contributed by atoms with Gasteiger partial charge in [-0.15, -0.1) is 0 Å². The highest BCUT2D eigenvalue weighted by Crippen LogP contribution is 2.23. The van der Waals surface area contributed by atoms with Crippen molar-refractivity contribution in [1.29, 1.82) is 0 Å². The summed E-state index contributed by atoms with van der Waals surface area (Å²) in [6, 6.07) is 5.37.